The first-order chi connectivity index (χ1) is 8.67. The van der Waals surface area contributed by atoms with Crippen LogP contribution < -0.4 is 5.73 Å². The van der Waals surface area contributed by atoms with Crippen molar-refractivity contribution < 1.29 is 9.53 Å². The molecule has 0 aliphatic rings. The molecule has 0 aromatic carbocycles. The first-order valence-electron chi connectivity index (χ1n) is 5.59. The van der Waals surface area contributed by atoms with E-state index in [4.69, 9.17) is 15.7 Å². The first-order valence-corrected chi connectivity index (χ1v) is 5.59. The van der Waals surface area contributed by atoms with Crippen molar-refractivity contribution in [2.24, 2.45) is 0 Å². The summed E-state index contributed by atoms with van der Waals surface area (Å²) in [6.07, 6.45) is 3.38. The van der Waals surface area contributed by atoms with Crippen molar-refractivity contribution in [1.29, 1.82) is 5.26 Å². The topological polar surface area (TPSA) is 97.2 Å². The van der Waals surface area contributed by atoms with Crippen molar-refractivity contribution in [2.45, 2.75) is 13.0 Å². The number of methoxy groups -OCH3 is 1. The van der Waals surface area contributed by atoms with E-state index < -0.39 is 0 Å². The number of carbonyl (C=O) groups is 1. The van der Waals surface area contributed by atoms with E-state index in [0.29, 0.717) is 31.8 Å². The summed E-state index contributed by atoms with van der Waals surface area (Å²) in [7, 11) is 1.57. The Morgan fingerprint density at radius 1 is 1.67 bits per heavy atom. The molecule has 1 rings (SSSR count). The van der Waals surface area contributed by atoms with Gasteiger partial charge in [-0.15, -0.1) is 0 Å². The van der Waals surface area contributed by atoms with Gasteiger partial charge in [-0.2, -0.15) is 10.4 Å². The fourth-order valence-electron chi connectivity index (χ4n) is 1.45. The maximum Gasteiger partial charge on any atom is 0.244 e. The average molecular weight is 251 g/mol. The third kappa shape index (κ3) is 4.43. The molecule has 0 fully saturated rings. The van der Waals surface area contributed by atoms with Gasteiger partial charge in [-0.3, -0.25) is 9.48 Å². The predicted molar refractivity (Wildman–Crippen MR) is 65.3 cm³/mol. The van der Waals surface area contributed by atoms with Crippen LogP contribution in [0.5, 0.6) is 0 Å². The average Bonchev–Trinajstić information content (AvgIpc) is 2.75. The summed E-state index contributed by atoms with van der Waals surface area (Å²) < 4.78 is 6.41. The van der Waals surface area contributed by atoms with E-state index in [1.54, 1.807) is 18.2 Å². The molecule has 1 aromatic rings. The molecule has 0 bridgehead atoms. The number of hydrogen-bond donors (Lipinski definition) is 1. The Hall–Kier alpha value is -2.07. The van der Waals surface area contributed by atoms with E-state index in [9.17, 15) is 4.79 Å². The maximum absolute atomic E-state index is 12.0. The summed E-state index contributed by atoms with van der Waals surface area (Å²) in [5.74, 6) is -0.106. The third-order valence-corrected chi connectivity index (χ3v) is 2.36. The Morgan fingerprint density at radius 2 is 2.44 bits per heavy atom. The number of hydrogen-bond acceptors (Lipinski definition) is 5. The van der Waals surface area contributed by atoms with Gasteiger partial charge in [0.25, 0.3) is 0 Å². The van der Waals surface area contributed by atoms with Crippen LogP contribution in [0.15, 0.2) is 12.4 Å². The van der Waals surface area contributed by atoms with Gasteiger partial charge < -0.3 is 15.4 Å². The highest BCUT2D eigenvalue weighted by molar-refractivity contribution is 5.76. The van der Waals surface area contributed by atoms with Gasteiger partial charge in [0.15, 0.2) is 0 Å². The highest BCUT2D eigenvalue weighted by Crippen LogP contribution is 2.00. The van der Waals surface area contributed by atoms with Gasteiger partial charge in [-0.25, -0.2) is 0 Å². The molecule has 18 heavy (non-hydrogen) atoms. The number of amides is 1. The fraction of sp³-hybridized carbons (Fsp3) is 0.545. The molecule has 0 aliphatic heterocycles. The molecular formula is C11H17N5O2. The Morgan fingerprint density at radius 3 is 3.00 bits per heavy atom. The van der Waals surface area contributed by atoms with Crippen LogP contribution in [0.1, 0.15) is 6.42 Å². The van der Waals surface area contributed by atoms with E-state index in [1.807, 2.05) is 6.07 Å². The zero-order valence-electron chi connectivity index (χ0n) is 10.4. The molecular weight excluding hydrogens is 234 g/mol. The molecule has 0 spiro atoms. The van der Waals surface area contributed by atoms with Crippen molar-refractivity contribution in [3.05, 3.63) is 12.4 Å². The predicted octanol–water partition coefficient (Wildman–Crippen LogP) is -0.146. The summed E-state index contributed by atoms with van der Waals surface area (Å²) >= 11 is 0. The SMILES string of the molecule is COCCN(CCC#N)C(=O)Cn1cc(N)cn1. The molecule has 2 N–H and O–H groups in total. The minimum absolute atomic E-state index is 0.106. The second-order valence-electron chi connectivity index (χ2n) is 3.75. The molecule has 0 atom stereocenters. The first kappa shape index (κ1) is 14.0. The Balaban J connectivity index is 2.55. The van der Waals surface area contributed by atoms with E-state index in [1.165, 1.54) is 10.9 Å². The van der Waals surface area contributed by atoms with Crippen molar-refractivity contribution in [1.82, 2.24) is 14.7 Å². The molecule has 0 radical (unpaired) electrons. The lowest BCUT2D eigenvalue weighted by molar-refractivity contribution is -0.132. The summed E-state index contributed by atoms with van der Waals surface area (Å²) in [6, 6.07) is 2.02. The van der Waals surface area contributed by atoms with Gasteiger partial charge in [-0.05, 0) is 0 Å². The zero-order valence-corrected chi connectivity index (χ0v) is 10.4. The van der Waals surface area contributed by atoms with Gasteiger partial charge in [0.1, 0.15) is 6.54 Å². The molecule has 98 valence electrons. The molecule has 1 amide bonds. The fourth-order valence-corrected chi connectivity index (χ4v) is 1.45. The summed E-state index contributed by atoms with van der Waals surface area (Å²) in [6.45, 7) is 1.42. The van der Waals surface area contributed by atoms with Gasteiger partial charge >= 0.3 is 0 Å². The second kappa shape index (κ2) is 7.29. The van der Waals surface area contributed by atoms with Crippen molar-refractivity contribution in [2.75, 3.05) is 32.5 Å². The zero-order chi connectivity index (χ0) is 13.4. The Bertz CT molecular complexity index is 423. The molecule has 7 nitrogen and oxygen atoms in total. The molecule has 0 saturated heterocycles. The van der Waals surface area contributed by atoms with Gasteiger partial charge in [0.05, 0.1) is 31.0 Å². The third-order valence-electron chi connectivity index (χ3n) is 2.36. The van der Waals surface area contributed by atoms with Crippen LogP contribution in [0.3, 0.4) is 0 Å². The lowest BCUT2D eigenvalue weighted by atomic mass is 10.3. The van der Waals surface area contributed by atoms with E-state index in [0.717, 1.165) is 0 Å². The van der Waals surface area contributed by atoms with Crippen LogP contribution >= 0.6 is 0 Å². The molecule has 7 heteroatoms. The highest BCUT2D eigenvalue weighted by atomic mass is 16.5. The normalized spacial score (nSPS) is 10.0. The van der Waals surface area contributed by atoms with Crippen LogP contribution in [0, 0.1) is 11.3 Å². The summed E-state index contributed by atoms with van der Waals surface area (Å²) in [5.41, 5.74) is 6.04. The molecule has 1 heterocycles. The van der Waals surface area contributed by atoms with Crippen LogP contribution in [0.25, 0.3) is 0 Å². The second-order valence-corrected chi connectivity index (χ2v) is 3.75. The highest BCUT2D eigenvalue weighted by Gasteiger charge is 2.13. The number of nitriles is 1. The quantitative estimate of drug-likeness (QED) is 0.727. The molecule has 0 saturated carbocycles. The number of nitrogens with zero attached hydrogens (tertiary/aromatic N) is 4. The van der Waals surface area contributed by atoms with Crippen LogP contribution in [0.2, 0.25) is 0 Å². The van der Waals surface area contributed by atoms with E-state index in [2.05, 4.69) is 5.10 Å². The number of nitrogens with two attached hydrogens (primary N) is 1. The molecule has 1 aromatic heterocycles. The van der Waals surface area contributed by atoms with Crippen LogP contribution in [-0.2, 0) is 16.1 Å². The minimum Gasteiger partial charge on any atom is -0.396 e. The smallest absolute Gasteiger partial charge is 0.244 e. The standard InChI is InChI=1S/C11H17N5O2/c1-18-6-5-15(4-2-3-12)11(17)9-16-8-10(13)7-14-16/h7-8H,2,4-6,9,13H2,1H3. The van der Waals surface area contributed by atoms with Gasteiger partial charge in [-0.1, -0.05) is 0 Å². The number of carbonyl (C=O) groups excluding carboxylic acids is 1. The molecule has 0 unspecified atom stereocenters. The molecule has 0 aliphatic carbocycles. The number of nitrogen functional groups attached to an aromatic ring is 1. The lowest BCUT2D eigenvalue weighted by Gasteiger charge is -2.21. The summed E-state index contributed by atoms with van der Waals surface area (Å²) in [5, 5.41) is 12.5. The van der Waals surface area contributed by atoms with Gasteiger partial charge in [0.2, 0.25) is 5.91 Å². The van der Waals surface area contributed by atoms with Crippen molar-refractivity contribution in [3.63, 3.8) is 0 Å². The monoisotopic (exact) mass is 251 g/mol. The van der Waals surface area contributed by atoms with E-state index in [-0.39, 0.29) is 12.5 Å². The Labute approximate surface area is 106 Å². The van der Waals surface area contributed by atoms with Crippen molar-refractivity contribution in [3.8, 4) is 6.07 Å². The number of ether oxygens (including phenoxy) is 1. The van der Waals surface area contributed by atoms with Crippen LogP contribution in [0.4, 0.5) is 5.69 Å². The summed E-state index contributed by atoms with van der Waals surface area (Å²) in [4.78, 5) is 13.6. The van der Waals surface area contributed by atoms with Crippen molar-refractivity contribution >= 4 is 11.6 Å². The van der Waals surface area contributed by atoms with E-state index >= 15 is 0 Å². The number of rotatable bonds is 7. The number of anilines is 1. The van der Waals surface area contributed by atoms with Crippen LogP contribution in [-0.4, -0.2) is 47.4 Å². The van der Waals surface area contributed by atoms with Gasteiger partial charge in [0, 0.05) is 26.4 Å². The number of aromatic nitrogens is 2. The Kier molecular flexibility index (Phi) is 5.67. The largest absolute Gasteiger partial charge is 0.396 e. The lowest BCUT2D eigenvalue weighted by Crippen LogP contribution is -2.37. The minimum atomic E-state index is -0.106. The maximum atomic E-state index is 12.0.